The van der Waals surface area contributed by atoms with Gasteiger partial charge in [0.15, 0.2) is 5.82 Å². The molecule has 0 radical (unpaired) electrons. The van der Waals surface area contributed by atoms with E-state index < -0.39 is 10.0 Å². The van der Waals surface area contributed by atoms with Gasteiger partial charge in [-0.2, -0.15) is 4.31 Å². The van der Waals surface area contributed by atoms with Crippen LogP contribution < -0.4 is 5.32 Å². The fourth-order valence-electron chi connectivity index (χ4n) is 2.82. The number of hydrogen-bond acceptors (Lipinski definition) is 6. The number of nitrogens with zero attached hydrogens (tertiary/aromatic N) is 4. The van der Waals surface area contributed by atoms with E-state index >= 15 is 0 Å². The van der Waals surface area contributed by atoms with Crippen molar-refractivity contribution >= 4 is 31.8 Å². The summed E-state index contributed by atoms with van der Waals surface area (Å²) in [5.74, 6) is 1.47. The van der Waals surface area contributed by atoms with Gasteiger partial charge in [0.05, 0.1) is 6.26 Å². The first-order valence-electron chi connectivity index (χ1n) is 8.42. The Labute approximate surface area is 162 Å². The van der Waals surface area contributed by atoms with Gasteiger partial charge in [-0.15, -0.1) is 0 Å². The van der Waals surface area contributed by atoms with Gasteiger partial charge in [0.25, 0.3) is 0 Å². The molecule has 0 atom stereocenters. The van der Waals surface area contributed by atoms with Gasteiger partial charge in [0.1, 0.15) is 5.82 Å². The standard InChI is InChI=1S/C17H22BrN5O2S/c1-26(24,25)23-12-10-22(11-13-23)9-8-19-16-6-7-20-17(21-16)14-2-4-15(18)5-3-14/h2-7H,8-13H2,1H3,(H,19,20,21). The topological polar surface area (TPSA) is 78.4 Å². The van der Waals surface area contributed by atoms with Gasteiger partial charge in [-0.05, 0) is 18.2 Å². The van der Waals surface area contributed by atoms with Crippen molar-refractivity contribution in [1.82, 2.24) is 19.2 Å². The quantitative estimate of drug-likeness (QED) is 0.740. The molecule has 1 aliphatic rings. The average molecular weight is 440 g/mol. The van der Waals surface area contributed by atoms with E-state index in [1.165, 1.54) is 10.6 Å². The first-order chi connectivity index (χ1) is 12.4. The van der Waals surface area contributed by atoms with Crippen molar-refractivity contribution < 1.29 is 8.42 Å². The van der Waals surface area contributed by atoms with Crippen LogP contribution in [0.1, 0.15) is 0 Å². The highest BCUT2D eigenvalue weighted by Gasteiger charge is 2.22. The molecule has 26 heavy (non-hydrogen) atoms. The first kappa shape index (κ1) is 19.2. The monoisotopic (exact) mass is 439 g/mol. The zero-order chi connectivity index (χ0) is 18.6. The van der Waals surface area contributed by atoms with Crippen LogP contribution >= 0.6 is 15.9 Å². The summed E-state index contributed by atoms with van der Waals surface area (Å²) < 4.78 is 25.6. The zero-order valence-corrected chi connectivity index (χ0v) is 17.0. The van der Waals surface area contributed by atoms with Gasteiger partial charge in [-0.1, -0.05) is 28.1 Å². The highest BCUT2D eigenvalue weighted by Crippen LogP contribution is 2.19. The molecule has 2 aromatic rings. The third-order valence-electron chi connectivity index (χ3n) is 4.29. The number of halogens is 1. The van der Waals surface area contributed by atoms with Crippen LogP contribution in [0.25, 0.3) is 11.4 Å². The SMILES string of the molecule is CS(=O)(=O)N1CCN(CCNc2ccnc(-c3ccc(Br)cc3)n2)CC1. The second-order valence-corrected chi connectivity index (χ2v) is 9.10. The molecule has 7 nitrogen and oxygen atoms in total. The molecule has 0 spiro atoms. The van der Waals surface area contributed by atoms with E-state index in [-0.39, 0.29) is 0 Å². The van der Waals surface area contributed by atoms with Crippen molar-refractivity contribution in [1.29, 1.82) is 0 Å². The Morgan fingerprint density at radius 1 is 1.12 bits per heavy atom. The molecule has 0 amide bonds. The fraction of sp³-hybridized carbons (Fsp3) is 0.412. The van der Waals surface area contributed by atoms with Crippen molar-refractivity contribution in [2.75, 3.05) is 50.8 Å². The Hall–Kier alpha value is -1.55. The van der Waals surface area contributed by atoms with Crippen LogP contribution in [0, 0.1) is 0 Å². The van der Waals surface area contributed by atoms with Crippen molar-refractivity contribution in [3.8, 4) is 11.4 Å². The summed E-state index contributed by atoms with van der Waals surface area (Å²) in [6, 6.07) is 9.74. The molecule has 0 saturated carbocycles. The molecule has 1 saturated heterocycles. The number of sulfonamides is 1. The summed E-state index contributed by atoms with van der Waals surface area (Å²) >= 11 is 3.42. The minimum Gasteiger partial charge on any atom is -0.369 e. The molecule has 3 rings (SSSR count). The summed E-state index contributed by atoms with van der Waals surface area (Å²) in [7, 11) is -3.08. The number of aromatic nitrogens is 2. The van der Waals surface area contributed by atoms with Gasteiger partial charge >= 0.3 is 0 Å². The minimum absolute atomic E-state index is 0.556. The number of benzene rings is 1. The number of rotatable bonds is 6. The van der Waals surface area contributed by atoms with Crippen molar-refractivity contribution in [3.63, 3.8) is 0 Å². The van der Waals surface area contributed by atoms with Crippen LogP contribution in [0.15, 0.2) is 41.0 Å². The Kier molecular flexibility index (Phi) is 6.23. The Bertz CT molecular complexity index is 836. The van der Waals surface area contributed by atoms with Gasteiger partial charge in [-0.25, -0.2) is 18.4 Å². The number of hydrogen-bond donors (Lipinski definition) is 1. The van der Waals surface area contributed by atoms with E-state index in [2.05, 4.69) is 36.1 Å². The second-order valence-electron chi connectivity index (χ2n) is 6.20. The Balaban J connectivity index is 1.50. The van der Waals surface area contributed by atoms with Crippen molar-refractivity contribution in [2.45, 2.75) is 0 Å². The smallest absolute Gasteiger partial charge is 0.211 e. The zero-order valence-electron chi connectivity index (χ0n) is 14.6. The van der Waals surface area contributed by atoms with E-state index in [1.807, 2.05) is 30.3 Å². The lowest BCUT2D eigenvalue weighted by atomic mass is 10.2. The predicted octanol–water partition coefficient (Wildman–Crippen LogP) is 1.90. The molecular formula is C17H22BrN5O2S. The molecule has 140 valence electrons. The van der Waals surface area contributed by atoms with Crippen LogP contribution in [-0.2, 0) is 10.0 Å². The predicted molar refractivity (Wildman–Crippen MR) is 107 cm³/mol. The van der Waals surface area contributed by atoms with E-state index in [9.17, 15) is 8.42 Å². The summed E-state index contributed by atoms with van der Waals surface area (Å²) in [6.07, 6.45) is 3.01. The van der Waals surface area contributed by atoms with Crippen LogP contribution in [-0.4, -0.2) is 73.1 Å². The molecule has 2 heterocycles. The van der Waals surface area contributed by atoms with E-state index in [1.54, 1.807) is 6.20 Å². The molecule has 1 aromatic heterocycles. The van der Waals surface area contributed by atoms with Crippen LogP contribution in [0.5, 0.6) is 0 Å². The maximum atomic E-state index is 11.5. The van der Waals surface area contributed by atoms with E-state index in [0.717, 1.165) is 42.0 Å². The third kappa shape index (κ3) is 5.23. The molecule has 1 aromatic carbocycles. The fourth-order valence-corrected chi connectivity index (χ4v) is 3.91. The number of piperazine rings is 1. The lowest BCUT2D eigenvalue weighted by Crippen LogP contribution is -2.49. The van der Waals surface area contributed by atoms with Gasteiger partial charge in [0, 0.05) is 55.5 Å². The largest absolute Gasteiger partial charge is 0.369 e. The summed E-state index contributed by atoms with van der Waals surface area (Å²) in [5, 5.41) is 3.32. The van der Waals surface area contributed by atoms with Gasteiger partial charge < -0.3 is 5.32 Å². The molecule has 1 aliphatic heterocycles. The van der Waals surface area contributed by atoms with Crippen molar-refractivity contribution in [3.05, 3.63) is 41.0 Å². The van der Waals surface area contributed by atoms with Crippen LogP contribution in [0.2, 0.25) is 0 Å². The summed E-state index contributed by atoms with van der Waals surface area (Å²) in [4.78, 5) is 11.1. The van der Waals surface area contributed by atoms with Gasteiger partial charge in [-0.3, -0.25) is 4.90 Å². The van der Waals surface area contributed by atoms with Crippen molar-refractivity contribution in [2.24, 2.45) is 0 Å². The van der Waals surface area contributed by atoms with Crippen LogP contribution in [0.4, 0.5) is 5.82 Å². The maximum absolute atomic E-state index is 11.5. The van der Waals surface area contributed by atoms with Crippen LogP contribution in [0.3, 0.4) is 0 Å². The third-order valence-corrected chi connectivity index (χ3v) is 6.12. The Morgan fingerprint density at radius 2 is 1.81 bits per heavy atom. The highest BCUT2D eigenvalue weighted by molar-refractivity contribution is 9.10. The lowest BCUT2D eigenvalue weighted by molar-refractivity contribution is 0.195. The summed E-state index contributed by atoms with van der Waals surface area (Å²) in [6.45, 7) is 4.20. The Morgan fingerprint density at radius 3 is 2.46 bits per heavy atom. The van der Waals surface area contributed by atoms with Gasteiger partial charge in [0.2, 0.25) is 10.0 Å². The molecule has 1 N–H and O–H groups in total. The second kappa shape index (κ2) is 8.43. The molecule has 0 aliphatic carbocycles. The molecule has 9 heteroatoms. The number of anilines is 1. The van der Waals surface area contributed by atoms with E-state index in [0.29, 0.717) is 18.9 Å². The number of nitrogens with one attached hydrogen (secondary N) is 1. The average Bonchev–Trinajstić information content (AvgIpc) is 2.62. The molecular weight excluding hydrogens is 418 g/mol. The van der Waals surface area contributed by atoms with E-state index in [4.69, 9.17) is 0 Å². The molecule has 0 unspecified atom stereocenters. The maximum Gasteiger partial charge on any atom is 0.211 e. The lowest BCUT2D eigenvalue weighted by Gasteiger charge is -2.33. The highest BCUT2D eigenvalue weighted by atomic mass is 79.9. The molecule has 1 fully saturated rings. The summed E-state index contributed by atoms with van der Waals surface area (Å²) in [5.41, 5.74) is 0.966. The normalized spacial score (nSPS) is 16.5. The minimum atomic E-state index is -3.08. The molecule has 0 bridgehead atoms. The first-order valence-corrected chi connectivity index (χ1v) is 11.1.